The molecule has 1 N–H and O–H groups in total. The number of halogens is 1. The standard InChI is InChI=1S/C26H27ClN2O2.C5H12/c1-4-6-8-18(5-2)9-7-10-23-26(31)29(3)24-16-13-20(27)17-22(24)25(28-23)19-11-14-21(30)15-12-19;1-5(2,3)4/h4-6,8,11-17,23,30H,2,7,9-10H2,1,3H3;1-4H3/b6-4-,18-8+;. The molecule has 192 valence electrons. The van der Waals surface area contributed by atoms with Crippen molar-refractivity contribution in [3.63, 3.8) is 0 Å². The fourth-order valence-corrected chi connectivity index (χ4v) is 3.80. The Morgan fingerprint density at radius 3 is 2.39 bits per heavy atom. The molecule has 0 fully saturated rings. The van der Waals surface area contributed by atoms with Crippen molar-refractivity contribution in [3.05, 3.63) is 95.1 Å². The Morgan fingerprint density at radius 1 is 1.17 bits per heavy atom. The van der Waals surface area contributed by atoms with Gasteiger partial charge in [-0.3, -0.25) is 9.79 Å². The molecule has 1 atom stereocenters. The molecule has 5 heteroatoms. The summed E-state index contributed by atoms with van der Waals surface area (Å²) in [6.07, 6.45) is 10.1. The topological polar surface area (TPSA) is 52.9 Å². The Morgan fingerprint density at radius 2 is 1.81 bits per heavy atom. The third-order valence-corrected chi connectivity index (χ3v) is 5.56. The predicted molar refractivity (Wildman–Crippen MR) is 154 cm³/mol. The molecule has 1 unspecified atom stereocenters. The maximum Gasteiger partial charge on any atom is 0.251 e. The molecule has 1 amide bonds. The fourth-order valence-electron chi connectivity index (χ4n) is 3.62. The zero-order valence-corrected chi connectivity index (χ0v) is 23.1. The summed E-state index contributed by atoms with van der Waals surface area (Å²) in [6.45, 7) is 14.6. The average molecular weight is 507 g/mol. The maximum atomic E-state index is 13.2. The van der Waals surface area contributed by atoms with Gasteiger partial charge >= 0.3 is 0 Å². The summed E-state index contributed by atoms with van der Waals surface area (Å²) in [5.74, 6) is 0.133. The first kappa shape index (κ1) is 29.1. The van der Waals surface area contributed by atoms with Crippen LogP contribution in [0, 0.1) is 5.41 Å². The van der Waals surface area contributed by atoms with Crippen LogP contribution in [0.3, 0.4) is 0 Å². The molecule has 2 aromatic rings. The van der Waals surface area contributed by atoms with Crippen LogP contribution in [0.1, 0.15) is 65.0 Å². The van der Waals surface area contributed by atoms with Gasteiger partial charge in [0.2, 0.25) is 0 Å². The number of aliphatic imine (C=N–C) groups is 1. The number of phenols is 1. The van der Waals surface area contributed by atoms with E-state index in [2.05, 4.69) is 34.3 Å². The third kappa shape index (κ3) is 8.83. The number of carbonyl (C=O) groups excluding carboxylic acids is 1. The summed E-state index contributed by atoms with van der Waals surface area (Å²) in [6, 6.07) is 11.8. The molecular weight excluding hydrogens is 468 g/mol. The normalized spacial score (nSPS) is 16.1. The Hall–Kier alpha value is -3.11. The zero-order valence-electron chi connectivity index (χ0n) is 22.4. The quantitative estimate of drug-likeness (QED) is 0.385. The van der Waals surface area contributed by atoms with Crippen LogP contribution < -0.4 is 4.90 Å². The molecule has 0 aromatic heterocycles. The fraction of sp³-hybridized carbons (Fsp3) is 0.355. The van der Waals surface area contributed by atoms with Gasteiger partial charge in [0, 0.05) is 23.2 Å². The molecule has 0 bridgehead atoms. The first-order valence-corrected chi connectivity index (χ1v) is 12.7. The van der Waals surface area contributed by atoms with Crippen molar-refractivity contribution < 1.29 is 9.90 Å². The van der Waals surface area contributed by atoms with Crippen molar-refractivity contribution in [1.29, 1.82) is 0 Å². The maximum absolute atomic E-state index is 13.2. The number of hydrogen-bond acceptors (Lipinski definition) is 3. The van der Waals surface area contributed by atoms with E-state index in [4.69, 9.17) is 16.6 Å². The summed E-state index contributed by atoms with van der Waals surface area (Å²) in [7, 11) is 1.78. The van der Waals surface area contributed by atoms with Crippen LogP contribution >= 0.6 is 11.6 Å². The number of benzene rings is 2. The van der Waals surface area contributed by atoms with Gasteiger partial charge in [0.15, 0.2) is 0 Å². The van der Waals surface area contributed by atoms with E-state index < -0.39 is 6.04 Å². The lowest BCUT2D eigenvalue weighted by Gasteiger charge is -2.20. The van der Waals surface area contributed by atoms with Crippen LogP contribution in [0.5, 0.6) is 5.75 Å². The smallest absolute Gasteiger partial charge is 0.251 e. The van der Waals surface area contributed by atoms with E-state index in [1.807, 2.05) is 43.4 Å². The number of hydrogen-bond donors (Lipinski definition) is 1. The number of allylic oxidation sites excluding steroid dienone is 5. The Bertz CT molecular complexity index is 1130. The van der Waals surface area contributed by atoms with E-state index in [0.29, 0.717) is 22.6 Å². The van der Waals surface area contributed by atoms with Crippen molar-refractivity contribution in [2.24, 2.45) is 10.4 Å². The minimum Gasteiger partial charge on any atom is -0.508 e. The highest BCUT2D eigenvalue weighted by atomic mass is 35.5. The molecule has 0 radical (unpaired) electrons. The lowest BCUT2D eigenvalue weighted by molar-refractivity contribution is -0.119. The molecule has 0 spiro atoms. The van der Waals surface area contributed by atoms with Crippen molar-refractivity contribution >= 4 is 28.9 Å². The first-order valence-electron chi connectivity index (χ1n) is 12.3. The number of phenolic OH excluding ortho intramolecular Hbond substituents is 1. The molecule has 0 saturated carbocycles. The van der Waals surface area contributed by atoms with Gasteiger partial charge < -0.3 is 10.0 Å². The van der Waals surface area contributed by atoms with Crippen LogP contribution in [0.4, 0.5) is 5.69 Å². The van der Waals surface area contributed by atoms with Crippen LogP contribution in [0.15, 0.2) is 83.9 Å². The van der Waals surface area contributed by atoms with E-state index in [1.165, 1.54) is 0 Å². The number of aromatic hydroxyl groups is 1. The Labute approximate surface area is 221 Å². The van der Waals surface area contributed by atoms with Crippen molar-refractivity contribution in [2.75, 3.05) is 11.9 Å². The zero-order chi connectivity index (χ0) is 26.9. The third-order valence-electron chi connectivity index (χ3n) is 5.32. The second kappa shape index (κ2) is 13.3. The van der Waals surface area contributed by atoms with Crippen LogP contribution in [0.2, 0.25) is 5.02 Å². The van der Waals surface area contributed by atoms with Crippen molar-refractivity contribution in [3.8, 4) is 5.75 Å². The number of rotatable bonds is 7. The van der Waals surface area contributed by atoms with Gasteiger partial charge in [0.25, 0.3) is 5.91 Å². The number of nitrogens with zero attached hydrogens (tertiary/aromatic N) is 2. The minimum absolute atomic E-state index is 0.0464. The molecule has 0 saturated heterocycles. The first-order chi connectivity index (χ1) is 16.9. The van der Waals surface area contributed by atoms with E-state index >= 15 is 0 Å². The number of anilines is 1. The molecule has 1 heterocycles. The number of likely N-dealkylation sites (N-methyl/N-ethyl adjacent to an activating group) is 1. The Balaban J connectivity index is 0.000000830. The second-order valence-electron chi connectivity index (χ2n) is 10.5. The number of fused-ring (bicyclic) bond motifs is 1. The van der Waals surface area contributed by atoms with Gasteiger partial charge in [0.05, 0.1) is 11.4 Å². The Kier molecular flexibility index (Phi) is 10.7. The lowest BCUT2D eigenvalue weighted by atomic mass is 10.00. The van der Waals surface area contributed by atoms with Crippen molar-refractivity contribution in [1.82, 2.24) is 0 Å². The number of benzodiazepines with no additional fused rings is 1. The molecular formula is C31H39ClN2O2. The number of carbonyl (C=O) groups is 1. The molecule has 3 rings (SSSR count). The van der Waals surface area contributed by atoms with E-state index in [1.54, 1.807) is 42.3 Å². The molecule has 0 aliphatic carbocycles. The van der Waals surface area contributed by atoms with E-state index in [-0.39, 0.29) is 11.7 Å². The van der Waals surface area contributed by atoms with Gasteiger partial charge in [-0.05, 0) is 79.6 Å². The molecule has 2 aromatic carbocycles. The summed E-state index contributed by atoms with van der Waals surface area (Å²) in [4.78, 5) is 19.8. The lowest BCUT2D eigenvalue weighted by Crippen LogP contribution is -2.34. The summed E-state index contributed by atoms with van der Waals surface area (Å²) in [5.41, 5.74) is 4.73. The number of amides is 1. The van der Waals surface area contributed by atoms with E-state index in [9.17, 15) is 9.90 Å². The average Bonchev–Trinajstić information content (AvgIpc) is 2.91. The summed E-state index contributed by atoms with van der Waals surface area (Å²) < 4.78 is 0. The minimum atomic E-state index is -0.507. The van der Waals surface area contributed by atoms with Crippen molar-refractivity contribution in [2.45, 2.75) is 59.9 Å². The molecule has 36 heavy (non-hydrogen) atoms. The summed E-state index contributed by atoms with van der Waals surface area (Å²) >= 11 is 6.28. The van der Waals surface area contributed by atoms with Gasteiger partial charge in [-0.2, -0.15) is 0 Å². The van der Waals surface area contributed by atoms with Gasteiger partial charge in [0.1, 0.15) is 11.8 Å². The monoisotopic (exact) mass is 506 g/mol. The van der Waals surface area contributed by atoms with Crippen LogP contribution in [-0.4, -0.2) is 29.8 Å². The SMILES string of the molecule is C=C/C(=C\C=C/C)CCCC1N=C(c2ccc(O)cc2)c2cc(Cl)ccc2N(C)C1=O.CC(C)(C)C. The molecule has 1 aliphatic heterocycles. The van der Waals surface area contributed by atoms with Crippen LogP contribution in [-0.2, 0) is 4.79 Å². The highest BCUT2D eigenvalue weighted by Crippen LogP contribution is 2.31. The highest BCUT2D eigenvalue weighted by Gasteiger charge is 2.29. The van der Waals surface area contributed by atoms with E-state index in [0.717, 1.165) is 35.2 Å². The van der Waals surface area contributed by atoms with Crippen LogP contribution in [0.25, 0.3) is 0 Å². The second-order valence-corrected chi connectivity index (χ2v) is 10.9. The highest BCUT2D eigenvalue weighted by molar-refractivity contribution is 6.32. The summed E-state index contributed by atoms with van der Waals surface area (Å²) in [5, 5.41) is 10.3. The van der Waals surface area contributed by atoms with Gasteiger partial charge in [-0.1, -0.05) is 70.2 Å². The largest absolute Gasteiger partial charge is 0.508 e. The predicted octanol–water partition coefficient (Wildman–Crippen LogP) is 8.14. The molecule has 1 aliphatic rings. The van der Waals surface area contributed by atoms with Gasteiger partial charge in [-0.15, -0.1) is 0 Å². The van der Waals surface area contributed by atoms with Gasteiger partial charge in [-0.25, -0.2) is 0 Å². The molecule has 4 nitrogen and oxygen atoms in total.